The van der Waals surface area contributed by atoms with Gasteiger partial charge in [0.15, 0.2) is 5.82 Å². The van der Waals surface area contributed by atoms with Gasteiger partial charge in [0.1, 0.15) is 11.6 Å². The zero-order valence-corrected chi connectivity index (χ0v) is 33.2. The van der Waals surface area contributed by atoms with Crippen LogP contribution in [0.2, 0.25) is 0 Å². The molecular weight excluding hydrogens is 725 g/mol. The summed E-state index contributed by atoms with van der Waals surface area (Å²) in [5.74, 6) is 2.08. The number of hydrogen-bond acceptors (Lipinski definition) is 2. The Morgan fingerprint density at radius 1 is 0.466 bits per heavy atom. The molecule has 58 heavy (non-hydrogen) atoms. The molecule has 280 valence electrons. The number of nitrogens with zero attached hydrogens (tertiary/aromatic N) is 4. The molecule has 6 aromatic carbocycles. The molecule has 3 heterocycles. The summed E-state index contributed by atoms with van der Waals surface area (Å²) < 4.78 is 4.39. The first-order chi connectivity index (χ1) is 28.6. The molecule has 0 radical (unpaired) electrons. The van der Waals surface area contributed by atoms with Gasteiger partial charge in [0.2, 0.25) is 0 Å². The molecule has 0 aliphatic carbocycles. The highest BCUT2D eigenvalue weighted by Crippen LogP contribution is 2.73. The van der Waals surface area contributed by atoms with Gasteiger partial charge in [-0.2, -0.15) is 0 Å². The molecule has 0 N–H and O–H groups in total. The molecule has 0 aliphatic heterocycles. The van der Waals surface area contributed by atoms with Crippen molar-refractivity contribution in [2.24, 2.45) is 0 Å². The van der Waals surface area contributed by atoms with Crippen LogP contribution in [0.15, 0.2) is 215 Å². The smallest absolute Gasteiger partial charge is 0.163 e. The van der Waals surface area contributed by atoms with E-state index in [0.29, 0.717) is 5.82 Å². The van der Waals surface area contributed by atoms with Crippen molar-refractivity contribution in [1.29, 1.82) is 0 Å². The van der Waals surface area contributed by atoms with Gasteiger partial charge in [-0.3, -0.25) is 9.13 Å². The Bertz CT molecular complexity index is 2890. The molecule has 3 aromatic heterocycles. The fraction of sp³-hybridized carbons (Fsp3) is 0.0189. The van der Waals surface area contributed by atoms with Crippen molar-refractivity contribution in [2.45, 2.75) is 26.5 Å². The van der Waals surface area contributed by atoms with Gasteiger partial charge >= 0.3 is 0 Å². The van der Waals surface area contributed by atoms with Crippen LogP contribution in [0.4, 0.5) is 0 Å². The van der Waals surface area contributed by atoms with Gasteiger partial charge in [-0.15, -0.1) is 10.0 Å². The van der Waals surface area contributed by atoms with Crippen molar-refractivity contribution in [3.05, 3.63) is 218 Å². The Labute approximate surface area is 341 Å². The van der Waals surface area contributed by atoms with E-state index in [1.54, 1.807) is 0 Å². The second kappa shape index (κ2) is 15.4. The average molecular weight is 767 g/mol. The van der Waals surface area contributed by atoms with E-state index in [-0.39, 0.29) is 0 Å². The summed E-state index contributed by atoms with van der Waals surface area (Å²) in [5.41, 5.74) is 6.93. The Kier molecular flexibility index (Phi) is 9.66. The summed E-state index contributed by atoms with van der Waals surface area (Å²) in [4.78, 5) is 15.8. The standard InChI is InChI=1S/C53H42N4S/c1-5-22-48-44(7-3)46-30-19-21-32-50(46)57(48)52-37-51(56-47(8-4)43(6-2)45-29-18-20-31-49(45)56)54-53(55-52)38-33-35-42(36-34-38)58(39-23-12-9-13-24-39,40-25-14-10-15-26-40)41-27-16-11-17-28-41/h5-37H,2-4H2,1H3/b22-5-. The van der Waals surface area contributed by atoms with Crippen molar-refractivity contribution >= 4 is 56.1 Å². The maximum atomic E-state index is 5.40. The van der Waals surface area contributed by atoms with Crippen molar-refractivity contribution in [3.63, 3.8) is 0 Å². The van der Waals surface area contributed by atoms with Gasteiger partial charge in [-0.1, -0.05) is 141 Å². The summed E-state index contributed by atoms with van der Waals surface area (Å²) in [6, 6.07) is 60.5. The Balaban J connectivity index is 1.32. The third kappa shape index (κ3) is 5.87. The number of aromatic nitrogens is 4. The van der Waals surface area contributed by atoms with Crippen LogP contribution < -0.4 is 0 Å². The summed E-state index contributed by atoms with van der Waals surface area (Å²) >= 11 is 0. The number of benzene rings is 6. The summed E-state index contributed by atoms with van der Waals surface area (Å²) in [6.07, 6.45) is 9.91. The lowest BCUT2D eigenvalue weighted by Gasteiger charge is -2.42. The van der Waals surface area contributed by atoms with Crippen LogP contribution in [0, 0.1) is 0 Å². The van der Waals surface area contributed by atoms with E-state index in [4.69, 9.17) is 9.97 Å². The highest BCUT2D eigenvalue weighted by Gasteiger charge is 2.33. The summed E-state index contributed by atoms with van der Waals surface area (Å²) in [6.45, 7) is 14.7. The van der Waals surface area contributed by atoms with E-state index < -0.39 is 10.0 Å². The average Bonchev–Trinajstić information content (AvgIpc) is 3.79. The minimum Gasteiger partial charge on any atom is -0.294 e. The Hall–Kier alpha value is -7.21. The Morgan fingerprint density at radius 3 is 1.33 bits per heavy atom. The first-order valence-electron chi connectivity index (χ1n) is 19.4. The molecule has 0 atom stereocenters. The first-order valence-corrected chi connectivity index (χ1v) is 21.0. The maximum Gasteiger partial charge on any atom is 0.163 e. The molecule has 0 bridgehead atoms. The van der Waals surface area contributed by atoms with Crippen LogP contribution in [0.25, 0.3) is 69.1 Å². The molecule has 0 unspecified atom stereocenters. The van der Waals surface area contributed by atoms with Gasteiger partial charge in [-0.05, 0) is 79.7 Å². The third-order valence-electron chi connectivity index (χ3n) is 10.7. The zero-order chi connectivity index (χ0) is 39.6. The second-order valence-electron chi connectivity index (χ2n) is 13.9. The monoisotopic (exact) mass is 766 g/mol. The number of para-hydroxylation sites is 2. The number of hydrogen-bond donors (Lipinski definition) is 0. The van der Waals surface area contributed by atoms with E-state index in [2.05, 4.69) is 211 Å². The SMILES string of the molecule is C=Cc1c(C=C)n(-c2cc(-n3c(/C=C\C)c(C=C)c4ccccc43)nc(-c3ccc(S(c4ccccc4)(c4ccccc4)c4ccccc4)cc3)n2)c2ccccc12. The second-order valence-corrected chi connectivity index (χ2v) is 17.0. The fourth-order valence-electron chi connectivity index (χ4n) is 8.29. The van der Waals surface area contributed by atoms with Crippen LogP contribution in [-0.2, 0) is 0 Å². The molecule has 0 spiro atoms. The number of fused-ring (bicyclic) bond motifs is 2. The topological polar surface area (TPSA) is 35.6 Å². The molecular formula is C53H42N4S. The van der Waals surface area contributed by atoms with E-state index in [1.807, 2.05) is 25.2 Å². The van der Waals surface area contributed by atoms with Crippen LogP contribution in [0.5, 0.6) is 0 Å². The predicted octanol–water partition coefficient (Wildman–Crippen LogP) is 14.3. The maximum absolute atomic E-state index is 5.40. The van der Waals surface area contributed by atoms with Gasteiger partial charge in [0.05, 0.1) is 22.4 Å². The highest BCUT2D eigenvalue weighted by atomic mass is 32.3. The van der Waals surface area contributed by atoms with Crippen molar-refractivity contribution in [2.75, 3.05) is 0 Å². The van der Waals surface area contributed by atoms with Gasteiger partial charge in [-0.25, -0.2) is 9.97 Å². The van der Waals surface area contributed by atoms with Gasteiger partial charge in [0, 0.05) is 53.1 Å². The fourth-order valence-corrected chi connectivity index (χ4v) is 12.2. The van der Waals surface area contributed by atoms with Crippen molar-refractivity contribution < 1.29 is 0 Å². The molecule has 0 saturated heterocycles. The molecule has 0 fully saturated rings. The lowest BCUT2D eigenvalue weighted by Crippen LogP contribution is -2.08. The molecule has 9 rings (SSSR count). The summed E-state index contributed by atoms with van der Waals surface area (Å²) in [7, 11) is -1.87. The Morgan fingerprint density at radius 2 is 0.879 bits per heavy atom. The molecule has 5 heteroatoms. The van der Waals surface area contributed by atoms with Crippen LogP contribution in [0.1, 0.15) is 29.4 Å². The summed E-state index contributed by atoms with van der Waals surface area (Å²) in [5, 5.41) is 2.18. The number of allylic oxidation sites excluding steroid dienone is 1. The molecule has 4 nitrogen and oxygen atoms in total. The van der Waals surface area contributed by atoms with Crippen LogP contribution in [-0.4, -0.2) is 19.1 Å². The van der Waals surface area contributed by atoms with Gasteiger partial charge in [0.25, 0.3) is 0 Å². The molecule has 0 amide bonds. The van der Waals surface area contributed by atoms with E-state index in [9.17, 15) is 0 Å². The minimum absolute atomic E-state index is 0.607. The quantitative estimate of drug-likeness (QED) is 0.131. The third-order valence-corrected chi connectivity index (χ3v) is 14.7. The molecule has 0 saturated carbocycles. The van der Waals surface area contributed by atoms with Gasteiger partial charge < -0.3 is 0 Å². The van der Waals surface area contributed by atoms with E-state index in [1.165, 1.54) is 19.6 Å². The normalized spacial score (nSPS) is 11.9. The predicted molar refractivity (Wildman–Crippen MR) is 246 cm³/mol. The van der Waals surface area contributed by atoms with Crippen molar-refractivity contribution in [3.8, 4) is 23.0 Å². The van der Waals surface area contributed by atoms with Crippen LogP contribution in [0.3, 0.4) is 0 Å². The van der Waals surface area contributed by atoms with Crippen molar-refractivity contribution in [1.82, 2.24) is 19.1 Å². The molecule has 0 aliphatic rings. The molecule has 9 aromatic rings. The largest absolute Gasteiger partial charge is 0.294 e. The number of rotatable bonds is 11. The van der Waals surface area contributed by atoms with E-state index in [0.717, 1.165) is 61.5 Å². The van der Waals surface area contributed by atoms with Crippen LogP contribution >= 0.6 is 10.0 Å². The lowest BCUT2D eigenvalue weighted by molar-refractivity contribution is 0.955. The highest BCUT2D eigenvalue weighted by molar-refractivity contribution is 8.34. The minimum atomic E-state index is -1.87. The lowest BCUT2D eigenvalue weighted by atomic mass is 10.1. The zero-order valence-electron chi connectivity index (χ0n) is 32.4. The first kappa shape index (κ1) is 36.4. The van der Waals surface area contributed by atoms with E-state index >= 15 is 0 Å².